The first-order chi connectivity index (χ1) is 15.2. The fourth-order valence-corrected chi connectivity index (χ4v) is 3.02. The zero-order valence-corrected chi connectivity index (χ0v) is 18.0. The monoisotopic (exact) mass is 450 g/mol. The van der Waals surface area contributed by atoms with E-state index in [0.717, 1.165) is 23.8 Å². The van der Waals surface area contributed by atoms with E-state index in [4.69, 9.17) is 9.47 Å². The van der Waals surface area contributed by atoms with Crippen LogP contribution >= 0.6 is 0 Å². The molecule has 1 atom stereocenters. The minimum atomic E-state index is -3.18. The highest BCUT2D eigenvalue weighted by atomic mass is 19.3. The third kappa shape index (κ3) is 6.40. The van der Waals surface area contributed by atoms with Crippen molar-refractivity contribution in [2.24, 2.45) is 5.92 Å². The first-order valence-corrected chi connectivity index (χ1v) is 9.60. The van der Waals surface area contributed by atoms with Crippen molar-refractivity contribution in [1.82, 2.24) is 5.32 Å². The van der Waals surface area contributed by atoms with E-state index >= 15 is 0 Å². The third-order valence-electron chi connectivity index (χ3n) is 4.58. The molecule has 0 heterocycles. The number of amides is 1. The Morgan fingerprint density at radius 1 is 1.09 bits per heavy atom. The molecule has 0 aliphatic heterocycles. The van der Waals surface area contributed by atoms with Gasteiger partial charge in [0, 0.05) is 6.08 Å². The van der Waals surface area contributed by atoms with Gasteiger partial charge in [0.15, 0.2) is 11.5 Å². The molecule has 0 bridgehead atoms. The van der Waals surface area contributed by atoms with Crippen LogP contribution in [0.15, 0.2) is 42.5 Å². The number of ether oxygens (including phenoxy) is 3. The van der Waals surface area contributed by atoms with Crippen LogP contribution in [0.2, 0.25) is 0 Å². The smallest absolute Gasteiger partial charge is 0.387 e. The maximum Gasteiger partial charge on any atom is 0.387 e. The number of nitrogens with one attached hydrogen (secondary N) is 1. The van der Waals surface area contributed by atoms with Crippen molar-refractivity contribution in [2.45, 2.75) is 26.5 Å². The van der Waals surface area contributed by atoms with E-state index in [1.165, 1.54) is 13.2 Å². The molecule has 1 amide bonds. The summed E-state index contributed by atoms with van der Waals surface area (Å²) in [4.78, 5) is 23.2. The summed E-state index contributed by atoms with van der Waals surface area (Å²) in [7, 11) is 2.77. The summed E-state index contributed by atoms with van der Waals surface area (Å²) in [6.45, 7) is 0.703. The number of hydrogen-bond donors (Lipinski definition) is 1. The molecule has 0 radical (unpaired) electrons. The summed E-state index contributed by atoms with van der Waals surface area (Å²) in [6.07, 6.45) is 2.35. The Morgan fingerprint density at radius 2 is 1.75 bits per heavy atom. The molecule has 2 aromatic rings. The SMILES string of the molecule is COc1ccc(C(NC(=O)/C=C/c2cc(OC)c(OC(F)F)cc2[N+](=O)[O-])C(C)C)cc1. The molecule has 0 saturated heterocycles. The lowest BCUT2D eigenvalue weighted by Crippen LogP contribution is -2.30. The molecular formula is C22H24F2N2O6. The normalized spacial score (nSPS) is 12.1. The summed E-state index contributed by atoms with van der Waals surface area (Å²) in [5.41, 5.74) is 0.346. The predicted molar refractivity (Wildman–Crippen MR) is 114 cm³/mol. The van der Waals surface area contributed by atoms with Gasteiger partial charge in [-0.3, -0.25) is 14.9 Å². The van der Waals surface area contributed by atoms with Crippen LogP contribution < -0.4 is 19.5 Å². The van der Waals surface area contributed by atoms with Gasteiger partial charge in [-0.15, -0.1) is 0 Å². The molecule has 2 aromatic carbocycles. The van der Waals surface area contributed by atoms with Crippen molar-refractivity contribution in [2.75, 3.05) is 14.2 Å². The second-order valence-electron chi connectivity index (χ2n) is 7.03. The number of carbonyl (C=O) groups excluding carboxylic acids is 1. The average Bonchev–Trinajstić information content (AvgIpc) is 2.75. The zero-order valence-electron chi connectivity index (χ0n) is 18.0. The minimum absolute atomic E-state index is 0.00541. The Labute approximate surface area is 183 Å². The number of methoxy groups -OCH3 is 2. The molecule has 0 aromatic heterocycles. The highest BCUT2D eigenvalue weighted by molar-refractivity contribution is 5.92. The number of carbonyl (C=O) groups is 1. The maximum absolute atomic E-state index is 12.6. The summed E-state index contributed by atoms with van der Waals surface area (Å²) in [6, 6.07) is 8.91. The standard InChI is InChI=1S/C22H24F2N2O6/c1-13(2)21(14-5-8-16(30-3)9-6-14)25-20(27)10-7-15-11-18(31-4)19(32-22(23)24)12-17(15)26(28)29/h5-13,21-22H,1-4H3,(H,25,27)/b10-7+. The van der Waals surface area contributed by atoms with E-state index < -0.39 is 28.9 Å². The molecule has 0 aliphatic carbocycles. The Morgan fingerprint density at radius 3 is 2.25 bits per heavy atom. The Hall–Kier alpha value is -3.69. The second kappa shape index (κ2) is 11.1. The van der Waals surface area contributed by atoms with Crippen LogP contribution in [0.1, 0.15) is 31.0 Å². The lowest BCUT2D eigenvalue weighted by atomic mass is 9.96. The minimum Gasteiger partial charge on any atom is -0.497 e. The summed E-state index contributed by atoms with van der Waals surface area (Å²) < 4.78 is 39.5. The molecule has 0 spiro atoms. The van der Waals surface area contributed by atoms with Crippen LogP contribution in [0.25, 0.3) is 6.08 Å². The number of nitro groups is 1. The molecular weight excluding hydrogens is 426 g/mol. The number of nitrogens with zero attached hydrogens (tertiary/aromatic N) is 1. The van der Waals surface area contributed by atoms with E-state index in [1.807, 2.05) is 26.0 Å². The third-order valence-corrected chi connectivity index (χ3v) is 4.58. The number of benzene rings is 2. The predicted octanol–water partition coefficient (Wildman–Crippen LogP) is 4.74. The number of halogens is 2. The van der Waals surface area contributed by atoms with Crippen molar-refractivity contribution >= 4 is 17.7 Å². The number of hydrogen-bond acceptors (Lipinski definition) is 6. The molecule has 2 rings (SSSR count). The fraction of sp³-hybridized carbons (Fsp3) is 0.318. The molecule has 8 nitrogen and oxygen atoms in total. The molecule has 1 N–H and O–H groups in total. The van der Waals surface area contributed by atoms with Gasteiger partial charge in [0.2, 0.25) is 5.91 Å². The zero-order chi connectivity index (χ0) is 23.8. The first kappa shape index (κ1) is 24.6. The van der Waals surface area contributed by atoms with Gasteiger partial charge in [0.1, 0.15) is 5.75 Å². The highest BCUT2D eigenvalue weighted by Crippen LogP contribution is 2.36. The fourth-order valence-electron chi connectivity index (χ4n) is 3.02. The molecule has 1 unspecified atom stereocenters. The van der Waals surface area contributed by atoms with Gasteiger partial charge in [-0.05, 0) is 35.8 Å². The topological polar surface area (TPSA) is 99.9 Å². The van der Waals surface area contributed by atoms with E-state index in [-0.39, 0.29) is 23.3 Å². The van der Waals surface area contributed by atoms with Gasteiger partial charge in [-0.2, -0.15) is 8.78 Å². The number of nitro benzene ring substituents is 1. The van der Waals surface area contributed by atoms with Crippen LogP contribution in [0, 0.1) is 16.0 Å². The van der Waals surface area contributed by atoms with E-state index in [9.17, 15) is 23.7 Å². The number of alkyl halides is 2. The van der Waals surface area contributed by atoms with Crippen molar-refractivity contribution in [3.8, 4) is 17.2 Å². The molecule has 172 valence electrons. The molecule has 0 aliphatic rings. The lowest BCUT2D eigenvalue weighted by molar-refractivity contribution is -0.385. The van der Waals surface area contributed by atoms with Gasteiger partial charge >= 0.3 is 6.61 Å². The van der Waals surface area contributed by atoms with Gasteiger partial charge in [0.25, 0.3) is 5.69 Å². The Balaban J connectivity index is 2.28. The van der Waals surface area contributed by atoms with E-state index in [0.29, 0.717) is 5.75 Å². The van der Waals surface area contributed by atoms with Gasteiger partial charge < -0.3 is 19.5 Å². The van der Waals surface area contributed by atoms with Gasteiger partial charge in [0.05, 0.1) is 36.8 Å². The van der Waals surface area contributed by atoms with Crippen LogP contribution in [0.5, 0.6) is 17.2 Å². The van der Waals surface area contributed by atoms with E-state index in [2.05, 4.69) is 10.1 Å². The van der Waals surface area contributed by atoms with Crippen LogP contribution in [-0.2, 0) is 4.79 Å². The molecule has 32 heavy (non-hydrogen) atoms. The maximum atomic E-state index is 12.6. The summed E-state index contributed by atoms with van der Waals surface area (Å²) in [5, 5.41) is 14.2. The summed E-state index contributed by atoms with van der Waals surface area (Å²) in [5.74, 6) is -0.353. The number of rotatable bonds is 10. The average molecular weight is 450 g/mol. The first-order valence-electron chi connectivity index (χ1n) is 9.60. The molecule has 10 heteroatoms. The second-order valence-corrected chi connectivity index (χ2v) is 7.03. The van der Waals surface area contributed by atoms with E-state index in [1.54, 1.807) is 19.2 Å². The van der Waals surface area contributed by atoms with Gasteiger partial charge in [-0.25, -0.2) is 0 Å². The van der Waals surface area contributed by atoms with Gasteiger partial charge in [-0.1, -0.05) is 26.0 Å². The van der Waals surface area contributed by atoms with Crippen LogP contribution in [-0.4, -0.2) is 31.7 Å². The molecule has 0 fully saturated rings. The highest BCUT2D eigenvalue weighted by Gasteiger charge is 2.21. The quantitative estimate of drug-likeness (QED) is 0.319. The van der Waals surface area contributed by atoms with Crippen molar-refractivity contribution in [3.63, 3.8) is 0 Å². The van der Waals surface area contributed by atoms with Crippen LogP contribution in [0.4, 0.5) is 14.5 Å². The Kier molecular flexibility index (Phi) is 8.51. The molecule has 0 saturated carbocycles. The lowest BCUT2D eigenvalue weighted by Gasteiger charge is -2.22. The van der Waals surface area contributed by atoms with Crippen molar-refractivity contribution < 1.29 is 32.7 Å². The van der Waals surface area contributed by atoms with Crippen molar-refractivity contribution in [3.05, 3.63) is 63.7 Å². The Bertz CT molecular complexity index is 977. The van der Waals surface area contributed by atoms with Crippen LogP contribution in [0.3, 0.4) is 0 Å². The summed E-state index contributed by atoms with van der Waals surface area (Å²) >= 11 is 0. The largest absolute Gasteiger partial charge is 0.497 e. The van der Waals surface area contributed by atoms with Crippen molar-refractivity contribution in [1.29, 1.82) is 0 Å².